The van der Waals surface area contributed by atoms with Crippen molar-refractivity contribution < 1.29 is 24.3 Å². The van der Waals surface area contributed by atoms with Crippen molar-refractivity contribution in [3.63, 3.8) is 0 Å². The van der Waals surface area contributed by atoms with E-state index in [4.69, 9.17) is 4.74 Å². The van der Waals surface area contributed by atoms with Gasteiger partial charge in [0.05, 0.1) is 0 Å². The Morgan fingerprint density at radius 3 is 2.00 bits per heavy atom. The van der Waals surface area contributed by atoms with Crippen LogP contribution in [0.2, 0.25) is 0 Å². The van der Waals surface area contributed by atoms with Gasteiger partial charge in [-0.25, -0.2) is 9.63 Å². The largest absolute Gasteiger partial charge is 0.444 e. The molecule has 0 unspecified atom stereocenters. The molecule has 0 aliphatic heterocycles. The van der Waals surface area contributed by atoms with Crippen LogP contribution in [-0.4, -0.2) is 33.7 Å². The minimum absolute atomic E-state index is 0.0278. The summed E-state index contributed by atoms with van der Waals surface area (Å²) in [5, 5.41) is 9.60. The monoisotopic (exact) mass is 400 g/mol. The second-order valence-electron chi connectivity index (χ2n) is 7.43. The summed E-state index contributed by atoms with van der Waals surface area (Å²) in [6.07, 6.45) is -0.720. The van der Waals surface area contributed by atoms with E-state index in [-0.39, 0.29) is 13.0 Å². The second-order valence-corrected chi connectivity index (χ2v) is 7.43. The minimum atomic E-state index is -1.24. The Labute approximate surface area is 169 Å². The zero-order chi connectivity index (χ0) is 21.4. The van der Waals surface area contributed by atoms with Crippen LogP contribution in [0.4, 0.5) is 4.79 Å². The van der Waals surface area contributed by atoms with E-state index in [2.05, 4.69) is 4.84 Å². The first-order chi connectivity index (χ1) is 13.7. The van der Waals surface area contributed by atoms with Crippen molar-refractivity contribution in [2.24, 2.45) is 0 Å². The minimum Gasteiger partial charge on any atom is -0.444 e. The molecule has 0 saturated carbocycles. The summed E-state index contributed by atoms with van der Waals surface area (Å²) in [5.41, 5.74) is 0.654. The lowest BCUT2D eigenvalue weighted by Gasteiger charge is -2.32. The van der Waals surface area contributed by atoms with Gasteiger partial charge in [0, 0.05) is 13.0 Å². The average Bonchev–Trinajstić information content (AvgIpc) is 2.64. The quantitative estimate of drug-likeness (QED) is 0.518. The first-order valence-electron chi connectivity index (χ1n) is 9.09. The van der Waals surface area contributed by atoms with E-state index in [9.17, 15) is 19.7 Å². The Morgan fingerprint density at radius 2 is 1.52 bits per heavy atom. The second kappa shape index (κ2) is 9.68. The molecule has 0 aliphatic rings. The molecule has 8 nitrogen and oxygen atoms in total. The van der Waals surface area contributed by atoms with E-state index in [1.54, 1.807) is 69.3 Å². The molecular formula is C21H24N2O6. The molecule has 0 aromatic heterocycles. The Bertz CT molecular complexity index is 833. The number of amides is 1. The van der Waals surface area contributed by atoms with Crippen LogP contribution in [0.15, 0.2) is 60.7 Å². The Hall–Kier alpha value is -3.42. The number of benzene rings is 2. The van der Waals surface area contributed by atoms with Gasteiger partial charge >= 0.3 is 17.1 Å². The molecule has 0 saturated heterocycles. The number of ether oxygens (including phenoxy) is 1. The molecule has 0 bridgehead atoms. The van der Waals surface area contributed by atoms with Gasteiger partial charge in [0.25, 0.3) is 0 Å². The summed E-state index contributed by atoms with van der Waals surface area (Å²) in [6.45, 7) is 5.13. The molecule has 0 heterocycles. The smallest absolute Gasteiger partial charge is 0.411 e. The molecule has 0 spiro atoms. The van der Waals surface area contributed by atoms with E-state index in [0.717, 1.165) is 11.1 Å². The van der Waals surface area contributed by atoms with Crippen molar-refractivity contribution in [1.82, 2.24) is 4.90 Å². The van der Waals surface area contributed by atoms with Crippen LogP contribution in [0.1, 0.15) is 31.9 Å². The number of hydrogen-bond donors (Lipinski definition) is 0. The maximum absolute atomic E-state index is 12.9. The molecule has 2 aromatic carbocycles. The summed E-state index contributed by atoms with van der Waals surface area (Å²) in [7, 11) is 0. The lowest BCUT2D eigenvalue weighted by molar-refractivity contribution is -0.730. The van der Waals surface area contributed by atoms with E-state index in [1.807, 2.05) is 12.1 Å². The van der Waals surface area contributed by atoms with Crippen LogP contribution in [0, 0.1) is 10.1 Å². The molecule has 2 rings (SSSR count). The normalized spacial score (nSPS) is 12.0. The molecule has 2 aromatic rings. The molecular weight excluding hydrogens is 376 g/mol. The third-order valence-corrected chi connectivity index (χ3v) is 3.91. The highest BCUT2D eigenvalue weighted by molar-refractivity contribution is 5.81. The van der Waals surface area contributed by atoms with Crippen LogP contribution in [0.5, 0.6) is 0 Å². The van der Waals surface area contributed by atoms with Crippen LogP contribution in [0.3, 0.4) is 0 Å². The fourth-order valence-corrected chi connectivity index (χ4v) is 2.70. The molecule has 0 N–H and O–H groups in total. The Kier molecular flexibility index (Phi) is 7.30. The maximum atomic E-state index is 12.9. The number of carbonyl (C=O) groups excluding carboxylic acids is 2. The Morgan fingerprint density at radius 1 is 1.00 bits per heavy atom. The predicted molar refractivity (Wildman–Crippen MR) is 105 cm³/mol. The lowest BCUT2D eigenvalue weighted by atomic mass is 10.0. The van der Waals surface area contributed by atoms with Crippen molar-refractivity contribution in [3.05, 3.63) is 81.9 Å². The van der Waals surface area contributed by atoms with E-state index in [1.165, 1.54) is 4.90 Å². The van der Waals surface area contributed by atoms with Gasteiger partial charge in [0.1, 0.15) is 11.6 Å². The lowest BCUT2D eigenvalue weighted by Crippen LogP contribution is -2.49. The predicted octanol–water partition coefficient (Wildman–Crippen LogP) is 3.77. The molecule has 0 radical (unpaired) electrons. The maximum Gasteiger partial charge on any atom is 0.411 e. The van der Waals surface area contributed by atoms with Crippen molar-refractivity contribution >= 4 is 12.1 Å². The summed E-state index contributed by atoms with van der Waals surface area (Å²) < 4.78 is 5.46. The van der Waals surface area contributed by atoms with Crippen molar-refractivity contribution in [3.8, 4) is 0 Å². The SMILES string of the molecule is CC(C)(C)OC(=O)N(Cc1ccccc1)[C@@H](Cc1ccccc1)C(=O)O[N+](=O)[O-]. The molecule has 154 valence electrons. The highest BCUT2D eigenvalue weighted by Crippen LogP contribution is 2.19. The van der Waals surface area contributed by atoms with Gasteiger partial charge in [0.15, 0.2) is 0 Å². The van der Waals surface area contributed by atoms with Gasteiger partial charge in [-0.05, 0) is 31.9 Å². The van der Waals surface area contributed by atoms with Gasteiger partial charge in [-0.15, -0.1) is 10.1 Å². The van der Waals surface area contributed by atoms with Gasteiger partial charge in [-0.1, -0.05) is 60.7 Å². The molecule has 0 fully saturated rings. The first-order valence-corrected chi connectivity index (χ1v) is 9.09. The number of hydrogen-bond acceptors (Lipinski definition) is 6. The van der Waals surface area contributed by atoms with Crippen LogP contribution >= 0.6 is 0 Å². The number of rotatable bonds is 7. The van der Waals surface area contributed by atoms with Crippen LogP contribution in [0.25, 0.3) is 0 Å². The third kappa shape index (κ3) is 7.25. The summed E-state index contributed by atoms with van der Waals surface area (Å²) in [4.78, 5) is 41.6. The molecule has 8 heteroatoms. The van der Waals surface area contributed by atoms with E-state index < -0.39 is 28.8 Å². The van der Waals surface area contributed by atoms with Crippen LogP contribution in [-0.2, 0) is 27.3 Å². The fourth-order valence-electron chi connectivity index (χ4n) is 2.70. The summed E-state index contributed by atoms with van der Waals surface area (Å²) >= 11 is 0. The van der Waals surface area contributed by atoms with Gasteiger partial charge in [0.2, 0.25) is 0 Å². The van der Waals surface area contributed by atoms with Crippen molar-refractivity contribution in [1.29, 1.82) is 0 Å². The zero-order valence-electron chi connectivity index (χ0n) is 16.6. The van der Waals surface area contributed by atoms with Gasteiger partial charge in [-0.2, -0.15) is 0 Å². The standard InChI is InChI=1S/C21H24N2O6/c1-21(2,3)28-20(25)22(15-17-12-8-5-9-13-17)18(19(24)29-23(26)27)14-16-10-6-4-7-11-16/h4-13,18H,14-15H2,1-3H3/t18-/m0/s1. The highest BCUT2D eigenvalue weighted by Gasteiger charge is 2.35. The van der Waals surface area contributed by atoms with Gasteiger partial charge < -0.3 is 4.74 Å². The Balaban J connectivity index is 2.40. The van der Waals surface area contributed by atoms with E-state index in [0.29, 0.717) is 0 Å². The van der Waals surface area contributed by atoms with Crippen molar-refractivity contribution in [2.75, 3.05) is 0 Å². The van der Waals surface area contributed by atoms with Gasteiger partial charge in [-0.3, -0.25) is 9.69 Å². The summed E-state index contributed by atoms with van der Waals surface area (Å²) in [5.74, 6) is -1.14. The fraction of sp³-hybridized carbons (Fsp3) is 0.333. The molecule has 0 aliphatic carbocycles. The first kappa shape index (κ1) is 21.9. The van der Waals surface area contributed by atoms with Crippen LogP contribution < -0.4 is 0 Å². The zero-order valence-corrected chi connectivity index (χ0v) is 16.6. The topological polar surface area (TPSA) is 99.0 Å². The highest BCUT2D eigenvalue weighted by atomic mass is 17.0. The average molecular weight is 400 g/mol. The molecule has 29 heavy (non-hydrogen) atoms. The number of carbonyl (C=O) groups is 2. The summed E-state index contributed by atoms with van der Waals surface area (Å²) in [6, 6.07) is 16.6. The molecule has 1 atom stereocenters. The number of nitrogens with zero attached hydrogens (tertiary/aromatic N) is 2. The third-order valence-electron chi connectivity index (χ3n) is 3.91. The van der Waals surface area contributed by atoms with E-state index >= 15 is 0 Å². The van der Waals surface area contributed by atoms with Crippen molar-refractivity contribution in [2.45, 2.75) is 45.4 Å². The molecule has 1 amide bonds.